The number of aldehydes is 2. The van der Waals surface area contributed by atoms with Crippen molar-refractivity contribution in [2.75, 3.05) is 6.61 Å². The van der Waals surface area contributed by atoms with Gasteiger partial charge in [0.1, 0.15) is 12.6 Å². The average Bonchev–Trinajstić information content (AvgIpc) is 3.54. The second-order valence-electron chi connectivity index (χ2n) is 8.05. The van der Waals surface area contributed by atoms with Gasteiger partial charge in [0.05, 0.1) is 12.7 Å². The van der Waals surface area contributed by atoms with Gasteiger partial charge in [-0.2, -0.15) is 0 Å². The molecule has 1 aliphatic rings. The quantitative estimate of drug-likeness (QED) is 0.149. The lowest BCUT2D eigenvalue weighted by Crippen LogP contribution is -1.99. The lowest BCUT2D eigenvalue weighted by atomic mass is 10.0. The Balaban J connectivity index is 0. The molecule has 0 saturated carbocycles. The predicted octanol–water partition coefficient (Wildman–Crippen LogP) is 6.09. The standard InChI is InChI=1S/C11H20O.C7H10O3.C7H12O/c1-10(2)7-5-4-6-8-11(3)9-12;1-5(7(8)9)2-3-6-4-10-6;1-3-4-5-7(2)6-8/h9-10H,3-8H2,1-2H3;6H,1-4H2,(H,8,9);6H,2-5H2,1H3. The van der Waals surface area contributed by atoms with E-state index in [1.807, 2.05) is 0 Å². The van der Waals surface area contributed by atoms with Gasteiger partial charge in [-0.1, -0.05) is 66.2 Å². The summed E-state index contributed by atoms with van der Waals surface area (Å²) in [5.41, 5.74) is 1.72. The number of rotatable bonds is 15. The molecule has 5 heteroatoms. The van der Waals surface area contributed by atoms with Gasteiger partial charge in [-0.25, -0.2) is 4.79 Å². The van der Waals surface area contributed by atoms with Crippen molar-refractivity contribution in [3.63, 3.8) is 0 Å². The Labute approximate surface area is 183 Å². The normalized spacial score (nSPS) is 13.8. The van der Waals surface area contributed by atoms with E-state index in [-0.39, 0.29) is 5.57 Å². The molecule has 0 radical (unpaired) electrons. The van der Waals surface area contributed by atoms with Crippen LogP contribution in [0, 0.1) is 5.92 Å². The molecule has 0 aromatic heterocycles. The molecule has 1 saturated heterocycles. The SMILES string of the molecule is C=C(C=O)CCCC.C=C(C=O)CCCCCC(C)C.C=C(CCC1CO1)C(=O)O. The van der Waals surface area contributed by atoms with Crippen molar-refractivity contribution in [3.05, 3.63) is 36.5 Å². The van der Waals surface area contributed by atoms with E-state index >= 15 is 0 Å². The zero-order chi connectivity index (χ0) is 23.4. The van der Waals surface area contributed by atoms with Crippen molar-refractivity contribution in [3.8, 4) is 0 Å². The van der Waals surface area contributed by atoms with Crippen molar-refractivity contribution < 1.29 is 24.2 Å². The molecule has 0 aromatic carbocycles. The third-order valence-electron chi connectivity index (χ3n) is 4.44. The fourth-order valence-corrected chi connectivity index (χ4v) is 2.28. The highest BCUT2D eigenvalue weighted by atomic mass is 16.6. The van der Waals surface area contributed by atoms with Gasteiger partial charge in [-0.15, -0.1) is 0 Å². The number of carboxylic acids is 1. The third kappa shape index (κ3) is 24.0. The molecule has 0 amide bonds. The predicted molar refractivity (Wildman–Crippen MR) is 124 cm³/mol. The molecule has 1 rings (SSSR count). The number of hydrogen-bond donors (Lipinski definition) is 1. The van der Waals surface area contributed by atoms with Gasteiger partial charge in [0, 0.05) is 5.57 Å². The molecule has 1 aliphatic heterocycles. The van der Waals surface area contributed by atoms with E-state index in [1.54, 1.807) is 0 Å². The van der Waals surface area contributed by atoms with Crippen molar-refractivity contribution >= 4 is 18.5 Å². The first-order valence-electron chi connectivity index (χ1n) is 11.0. The highest BCUT2D eigenvalue weighted by molar-refractivity contribution is 5.85. The minimum atomic E-state index is -0.902. The third-order valence-corrected chi connectivity index (χ3v) is 4.44. The number of aliphatic carboxylic acids is 1. The number of carbonyl (C=O) groups is 3. The molecule has 1 atom stereocenters. The fourth-order valence-electron chi connectivity index (χ4n) is 2.28. The summed E-state index contributed by atoms with van der Waals surface area (Å²) in [5, 5.41) is 8.37. The van der Waals surface area contributed by atoms with Crippen LogP contribution in [0.1, 0.15) is 85.0 Å². The molecule has 0 bridgehead atoms. The molecule has 0 aromatic rings. The lowest BCUT2D eigenvalue weighted by molar-refractivity contribution is -0.132. The average molecular weight is 423 g/mol. The van der Waals surface area contributed by atoms with Gasteiger partial charge in [-0.05, 0) is 55.6 Å². The first kappa shape index (κ1) is 30.2. The Morgan fingerprint density at radius 3 is 1.93 bits per heavy atom. The van der Waals surface area contributed by atoms with Gasteiger partial charge in [0.25, 0.3) is 0 Å². The molecule has 1 fully saturated rings. The lowest BCUT2D eigenvalue weighted by Gasteiger charge is -2.03. The van der Waals surface area contributed by atoms with Crippen LogP contribution in [0.3, 0.4) is 0 Å². The summed E-state index contributed by atoms with van der Waals surface area (Å²) in [7, 11) is 0. The van der Waals surface area contributed by atoms with E-state index in [0.717, 1.165) is 69.2 Å². The van der Waals surface area contributed by atoms with Crippen molar-refractivity contribution in [2.45, 2.75) is 91.1 Å². The number of carbonyl (C=O) groups excluding carboxylic acids is 2. The van der Waals surface area contributed by atoms with Gasteiger partial charge in [0.15, 0.2) is 0 Å². The first-order chi connectivity index (χ1) is 14.2. The topological polar surface area (TPSA) is 84.0 Å². The number of unbranched alkanes of at least 4 members (excludes halogenated alkanes) is 3. The van der Waals surface area contributed by atoms with Crippen LogP contribution in [-0.2, 0) is 19.1 Å². The molecular formula is C25H42O5. The summed E-state index contributed by atoms with van der Waals surface area (Å²) in [6, 6.07) is 0. The maximum Gasteiger partial charge on any atom is 0.330 e. The molecule has 172 valence electrons. The molecule has 0 spiro atoms. The maximum atomic E-state index is 10.2. The molecular weight excluding hydrogens is 380 g/mol. The van der Waals surface area contributed by atoms with Crippen LogP contribution in [0.5, 0.6) is 0 Å². The molecule has 1 unspecified atom stereocenters. The van der Waals surface area contributed by atoms with E-state index in [2.05, 4.69) is 40.5 Å². The monoisotopic (exact) mass is 422 g/mol. The summed E-state index contributed by atoms with van der Waals surface area (Å²) in [6.45, 7) is 17.9. The first-order valence-corrected chi connectivity index (χ1v) is 11.0. The zero-order valence-electron chi connectivity index (χ0n) is 19.3. The highest BCUT2D eigenvalue weighted by Crippen LogP contribution is 2.17. The van der Waals surface area contributed by atoms with E-state index < -0.39 is 5.97 Å². The minimum absolute atomic E-state index is 0.274. The second kappa shape index (κ2) is 20.3. The number of epoxide rings is 1. The summed E-state index contributed by atoms with van der Waals surface area (Å²) < 4.78 is 4.90. The number of allylic oxidation sites excluding steroid dienone is 2. The van der Waals surface area contributed by atoms with Gasteiger partial charge < -0.3 is 9.84 Å². The molecule has 1 N–H and O–H groups in total. The van der Waals surface area contributed by atoms with Crippen molar-refractivity contribution in [1.82, 2.24) is 0 Å². The molecule has 1 heterocycles. The van der Waals surface area contributed by atoms with Crippen molar-refractivity contribution in [1.29, 1.82) is 0 Å². The van der Waals surface area contributed by atoms with Crippen LogP contribution < -0.4 is 0 Å². The Morgan fingerprint density at radius 2 is 1.53 bits per heavy atom. The summed E-state index contributed by atoms with van der Waals surface area (Å²) in [4.78, 5) is 30.3. The highest BCUT2D eigenvalue weighted by Gasteiger charge is 2.22. The number of hydrogen-bond acceptors (Lipinski definition) is 4. The minimum Gasteiger partial charge on any atom is -0.478 e. The van der Waals surface area contributed by atoms with E-state index in [1.165, 1.54) is 19.3 Å². The maximum absolute atomic E-state index is 10.2. The van der Waals surface area contributed by atoms with Crippen LogP contribution in [0.25, 0.3) is 0 Å². The van der Waals surface area contributed by atoms with Gasteiger partial charge in [-0.3, -0.25) is 9.59 Å². The Bertz CT molecular complexity index is 530. The fraction of sp³-hybridized carbons (Fsp3) is 0.640. The molecule has 30 heavy (non-hydrogen) atoms. The summed E-state index contributed by atoms with van der Waals surface area (Å²) in [5.74, 6) is -0.0973. The van der Waals surface area contributed by atoms with E-state index in [0.29, 0.717) is 18.1 Å². The van der Waals surface area contributed by atoms with Gasteiger partial charge in [0.2, 0.25) is 0 Å². The van der Waals surface area contributed by atoms with E-state index in [9.17, 15) is 14.4 Å². The van der Waals surface area contributed by atoms with Crippen LogP contribution >= 0.6 is 0 Å². The van der Waals surface area contributed by atoms with Crippen LogP contribution in [0.2, 0.25) is 0 Å². The molecule has 0 aliphatic carbocycles. The van der Waals surface area contributed by atoms with Gasteiger partial charge >= 0.3 is 5.97 Å². The van der Waals surface area contributed by atoms with Crippen LogP contribution in [0.4, 0.5) is 0 Å². The van der Waals surface area contributed by atoms with Crippen LogP contribution in [-0.4, -0.2) is 36.4 Å². The van der Waals surface area contributed by atoms with E-state index in [4.69, 9.17) is 9.84 Å². The number of carboxylic acid groups (broad SMARTS) is 1. The molecule has 5 nitrogen and oxygen atoms in total. The van der Waals surface area contributed by atoms with Crippen molar-refractivity contribution in [2.24, 2.45) is 5.92 Å². The Hall–Kier alpha value is -2.01. The van der Waals surface area contributed by atoms with Crippen LogP contribution in [0.15, 0.2) is 36.5 Å². The zero-order valence-corrected chi connectivity index (χ0v) is 19.3. The largest absolute Gasteiger partial charge is 0.478 e. The second-order valence-corrected chi connectivity index (χ2v) is 8.05. The smallest absolute Gasteiger partial charge is 0.330 e. The summed E-state index contributed by atoms with van der Waals surface area (Å²) >= 11 is 0. The number of ether oxygens (including phenoxy) is 1. The Morgan fingerprint density at radius 1 is 1.00 bits per heavy atom. The summed E-state index contributed by atoms with van der Waals surface area (Å²) in [6.07, 6.45) is 12.2. The Kier molecular flexibility index (Phi) is 20.4.